The SMILES string of the molecule is COC(=O)c1cc(NC(=O)c2ccn(COc3ccc(Cl)cc3Cl)n2)cc(C(=O)OC)c1. The van der Waals surface area contributed by atoms with Crippen LogP contribution in [0.25, 0.3) is 0 Å². The highest BCUT2D eigenvalue weighted by molar-refractivity contribution is 6.35. The number of halogens is 2. The van der Waals surface area contributed by atoms with Gasteiger partial charge in [0.15, 0.2) is 12.4 Å². The first-order valence-corrected chi connectivity index (χ1v) is 9.80. The summed E-state index contributed by atoms with van der Waals surface area (Å²) in [5, 5.41) is 7.56. The Morgan fingerprint density at radius 2 is 1.62 bits per heavy atom. The minimum absolute atomic E-state index is 0.00104. The molecular weight excluding hydrogens is 461 g/mol. The molecule has 166 valence electrons. The predicted molar refractivity (Wildman–Crippen MR) is 116 cm³/mol. The van der Waals surface area contributed by atoms with E-state index in [2.05, 4.69) is 19.9 Å². The number of amides is 1. The highest BCUT2D eigenvalue weighted by Crippen LogP contribution is 2.27. The van der Waals surface area contributed by atoms with E-state index in [0.29, 0.717) is 15.8 Å². The van der Waals surface area contributed by atoms with Crippen molar-refractivity contribution in [2.45, 2.75) is 6.73 Å². The van der Waals surface area contributed by atoms with Crippen molar-refractivity contribution in [1.82, 2.24) is 9.78 Å². The molecule has 0 radical (unpaired) electrons. The standard InChI is InChI=1S/C21H17Cl2N3O6/c1-30-20(28)12-7-13(21(29)31-2)9-15(8-12)24-19(27)17-5-6-26(25-17)11-32-18-4-3-14(22)10-16(18)23/h3-10H,11H2,1-2H3,(H,24,27). The Morgan fingerprint density at radius 1 is 0.969 bits per heavy atom. The average Bonchev–Trinajstić information content (AvgIpc) is 3.26. The van der Waals surface area contributed by atoms with E-state index in [0.717, 1.165) is 0 Å². The van der Waals surface area contributed by atoms with Gasteiger partial charge in [-0.25, -0.2) is 14.3 Å². The highest BCUT2D eigenvalue weighted by Gasteiger charge is 2.16. The third-order valence-electron chi connectivity index (χ3n) is 4.15. The van der Waals surface area contributed by atoms with Gasteiger partial charge in [-0.15, -0.1) is 0 Å². The number of hydrogen-bond acceptors (Lipinski definition) is 7. The molecule has 9 nitrogen and oxygen atoms in total. The van der Waals surface area contributed by atoms with E-state index < -0.39 is 17.8 Å². The number of anilines is 1. The summed E-state index contributed by atoms with van der Waals surface area (Å²) in [6, 6.07) is 10.3. The van der Waals surface area contributed by atoms with E-state index in [4.69, 9.17) is 27.9 Å². The number of carbonyl (C=O) groups is 3. The van der Waals surface area contributed by atoms with Gasteiger partial charge in [0.25, 0.3) is 5.91 Å². The van der Waals surface area contributed by atoms with E-state index in [1.54, 1.807) is 24.4 Å². The quantitative estimate of drug-likeness (QED) is 0.511. The Hall–Kier alpha value is -3.56. The third-order valence-corrected chi connectivity index (χ3v) is 4.68. The van der Waals surface area contributed by atoms with Gasteiger partial charge in [0.2, 0.25) is 0 Å². The number of nitrogens with one attached hydrogen (secondary N) is 1. The lowest BCUT2D eigenvalue weighted by atomic mass is 10.1. The van der Waals surface area contributed by atoms with Crippen molar-refractivity contribution >= 4 is 46.7 Å². The fourth-order valence-corrected chi connectivity index (χ4v) is 3.11. The number of ether oxygens (including phenoxy) is 3. The van der Waals surface area contributed by atoms with Crippen LogP contribution in [0, 0.1) is 0 Å². The largest absolute Gasteiger partial charge is 0.470 e. The second-order valence-corrected chi connectivity index (χ2v) is 7.17. The fraction of sp³-hybridized carbons (Fsp3) is 0.143. The van der Waals surface area contributed by atoms with Crippen LogP contribution < -0.4 is 10.1 Å². The molecule has 0 unspecified atom stereocenters. The number of rotatable bonds is 7. The average molecular weight is 478 g/mol. The first kappa shape index (κ1) is 23.1. The Morgan fingerprint density at radius 3 is 2.22 bits per heavy atom. The molecule has 0 atom stereocenters. The molecule has 32 heavy (non-hydrogen) atoms. The van der Waals surface area contributed by atoms with Crippen molar-refractivity contribution in [2.75, 3.05) is 19.5 Å². The van der Waals surface area contributed by atoms with Gasteiger partial charge < -0.3 is 19.5 Å². The van der Waals surface area contributed by atoms with Gasteiger partial charge in [0, 0.05) is 16.9 Å². The molecule has 0 fully saturated rings. The molecular formula is C21H17Cl2N3O6. The molecule has 0 aliphatic rings. The third kappa shape index (κ3) is 5.57. The Labute approximate surface area is 192 Å². The van der Waals surface area contributed by atoms with Crippen LogP contribution in [0.15, 0.2) is 48.7 Å². The number of methoxy groups -OCH3 is 2. The van der Waals surface area contributed by atoms with Crippen molar-refractivity contribution in [3.8, 4) is 5.75 Å². The van der Waals surface area contributed by atoms with E-state index in [-0.39, 0.29) is 29.2 Å². The molecule has 0 aliphatic heterocycles. The maximum atomic E-state index is 12.6. The molecule has 1 amide bonds. The van der Waals surface area contributed by atoms with Crippen molar-refractivity contribution < 1.29 is 28.6 Å². The zero-order valence-corrected chi connectivity index (χ0v) is 18.4. The topological polar surface area (TPSA) is 109 Å². The highest BCUT2D eigenvalue weighted by atomic mass is 35.5. The van der Waals surface area contributed by atoms with E-state index >= 15 is 0 Å². The predicted octanol–water partition coefficient (Wildman–Crippen LogP) is 4.05. The molecule has 11 heteroatoms. The van der Waals surface area contributed by atoms with Gasteiger partial charge in [-0.05, 0) is 42.5 Å². The van der Waals surface area contributed by atoms with Crippen LogP contribution in [-0.2, 0) is 16.2 Å². The zero-order valence-electron chi connectivity index (χ0n) is 16.9. The van der Waals surface area contributed by atoms with Gasteiger partial charge in [-0.3, -0.25) is 4.79 Å². The van der Waals surface area contributed by atoms with Gasteiger partial charge in [-0.2, -0.15) is 5.10 Å². The molecule has 1 aromatic heterocycles. The molecule has 0 saturated carbocycles. The van der Waals surface area contributed by atoms with E-state index in [9.17, 15) is 14.4 Å². The van der Waals surface area contributed by atoms with Crippen molar-refractivity contribution in [3.63, 3.8) is 0 Å². The summed E-state index contributed by atoms with van der Waals surface area (Å²) in [6.45, 7) is -0.00104. The molecule has 0 aliphatic carbocycles. The lowest BCUT2D eigenvalue weighted by molar-refractivity contribution is 0.0599. The van der Waals surface area contributed by atoms with Crippen LogP contribution in [0.3, 0.4) is 0 Å². The number of benzene rings is 2. The molecule has 1 N–H and O–H groups in total. The summed E-state index contributed by atoms with van der Waals surface area (Å²) in [5.74, 6) is -1.50. The summed E-state index contributed by atoms with van der Waals surface area (Å²) >= 11 is 11.9. The Bertz CT molecular complexity index is 1140. The van der Waals surface area contributed by atoms with E-state index in [1.807, 2.05) is 0 Å². The number of nitrogens with zero attached hydrogens (tertiary/aromatic N) is 2. The maximum absolute atomic E-state index is 12.6. The van der Waals surface area contributed by atoms with Gasteiger partial charge in [-0.1, -0.05) is 23.2 Å². The van der Waals surface area contributed by atoms with Crippen LogP contribution in [0.1, 0.15) is 31.2 Å². The number of aromatic nitrogens is 2. The Balaban J connectivity index is 1.73. The summed E-state index contributed by atoms with van der Waals surface area (Å²) in [7, 11) is 2.41. The number of hydrogen-bond donors (Lipinski definition) is 1. The number of esters is 2. The van der Waals surface area contributed by atoms with Crippen LogP contribution in [0.4, 0.5) is 5.69 Å². The second kappa shape index (κ2) is 10.2. The van der Waals surface area contributed by atoms with Crippen molar-refractivity contribution in [3.05, 3.63) is 75.5 Å². The van der Waals surface area contributed by atoms with Crippen LogP contribution >= 0.6 is 23.2 Å². The van der Waals surface area contributed by atoms with Crippen molar-refractivity contribution in [2.24, 2.45) is 0 Å². The second-order valence-electron chi connectivity index (χ2n) is 6.32. The Kier molecular flexibility index (Phi) is 7.34. The molecule has 1 heterocycles. The first-order chi connectivity index (χ1) is 15.3. The normalized spacial score (nSPS) is 10.4. The first-order valence-electron chi connectivity index (χ1n) is 9.05. The minimum Gasteiger partial charge on any atom is -0.470 e. The van der Waals surface area contributed by atoms with Crippen LogP contribution in [0.5, 0.6) is 5.75 Å². The number of carbonyl (C=O) groups excluding carboxylic acids is 3. The van der Waals surface area contributed by atoms with E-state index in [1.165, 1.54) is 43.2 Å². The monoisotopic (exact) mass is 477 g/mol. The van der Waals surface area contributed by atoms with Gasteiger partial charge >= 0.3 is 11.9 Å². The molecule has 0 bridgehead atoms. The minimum atomic E-state index is -0.673. The molecule has 2 aromatic carbocycles. The van der Waals surface area contributed by atoms with Crippen LogP contribution in [0.2, 0.25) is 10.0 Å². The summed E-state index contributed by atoms with van der Waals surface area (Å²) < 4.78 is 16.3. The van der Waals surface area contributed by atoms with Crippen molar-refractivity contribution in [1.29, 1.82) is 0 Å². The fourth-order valence-electron chi connectivity index (χ4n) is 2.65. The molecule has 3 aromatic rings. The summed E-state index contributed by atoms with van der Waals surface area (Å²) in [6.07, 6.45) is 1.55. The van der Waals surface area contributed by atoms with Crippen LogP contribution in [-0.4, -0.2) is 41.8 Å². The zero-order chi connectivity index (χ0) is 23.3. The summed E-state index contributed by atoms with van der Waals surface area (Å²) in [4.78, 5) is 36.4. The van der Waals surface area contributed by atoms with Gasteiger partial charge in [0.1, 0.15) is 5.75 Å². The smallest absolute Gasteiger partial charge is 0.337 e. The van der Waals surface area contributed by atoms with Gasteiger partial charge in [0.05, 0.1) is 30.4 Å². The molecule has 0 spiro atoms. The summed E-state index contributed by atoms with van der Waals surface area (Å²) in [5.41, 5.74) is 0.421. The maximum Gasteiger partial charge on any atom is 0.337 e. The molecule has 3 rings (SSSR count). The molecule has 0 saturated heterocycles. The lowest BCUT2D eigenvalue weighted by Crippen LogP contribution is -2.16. The lowest BCUT2D eigenvalue weighted by Gasteiger charge is -2.09.